The van der Waals surface area contributed by atoms with Crippen LogP contribution in [0.15, 0.2) is 18.9 Å². The summed E-state index contributed by atoms with van der Waals surface area (Å²) in [6, 6.07) is 0. The van der Waals surface area contributed by atoms with Crippen molar-refractivity contribution in [3.63, 3.8) is 0 Å². The first-order valence-electron chi connectivity index (χ1n) is 4.01. The molecular formula is C10H14N2. The van der Waals surface area contributed by atoms with E-state index in [-0.39, 0.29) is 0 Å². The van der Waals surface area contributed by atoms with Crippen molar-refractivity contribution in [3.05, 3.63) is 29.4 Å². The van der Waals surface area contributed by atoms with Gasteiger partial charge in [0.15, 0.2) is 0 Å². The number of hydrogen-bond acceptors (Lipinski definition) is 1. The molecule has 0 amide bonds. The minimum atomic E-state index is 0.448. The number of H-pyrrole nitrogens is 1. The SMILES string of the molecule is C=C/C(=c1/[nH]ncc1=C)C(C)C. The molecule has 0 unspecified atom stereocenters. The number of allylic oxidation sites excluding steroid dienone is 1. The topological polar surface area (TPSA) is 28.7 Å². The van der Waals surface area contributed by atoms with Crippen molar-refractivity contribution in [2.24, 2.45) is 5.92 Å². The molecule has 1 aromatic rings. The highest BCUT2D eigenvalue weighted by molar-refractivity contribution is 5.55. The summed E-state index contributed by atoms with van der Waals surface area (Å²) in [6.07, 6.45) is 3.58. The molecule has 1 aromatic heterocycles. The Morgan fingerprint density at radius 3 is 2.67 bits per heavy atom. The molecule has 0 radical (unpaired) electrons. The molecule has 0 spiro atoms. The number of aromatic amines is 1. The Labute approximate surface area is 72.3 Å². The molecule has 0 saturated carbocycles. The van der Waals surface area contributed by atoms with Gasteiger partial charge in [0.2, 0.25) is 0 Å². The fraction of sp³-hybridized carbons (Fsp3) is 0.300. The van der Waals surface area contributed by atoms with Gasteiger partial charge >= 0.3 is 0 Å². The number of nitrogens with zero attached hydrogens (tertiary/aromatic N) is 1. The van der Waals surface area contributed by atoms with Crippen LogP contribution < -0.4 is 10.6 Å². The molecule has 12 heavy (non-hydrogen) atoms. The van der Waals surface area contributed by atoms with E-state index < -0.39 is 0 Å². The highest BCUT2D eigenvalue weighted by atomic mass is 15.1. The third-order valence-electron chi connectivity index (χ3n) is 1.85. The van der Waals surface area contributed by atoms with Gasteiger partial charge < -0.3 is 0 Å². The minimum Gasteiger partial charge on any atom is -0.278 e. The Kier molecular flexibility index (Phi) is 2.48. The van der Waals surface area contributed by atoms with E-state index in [4.69, 9.17) is 0 Å². The molecule has 2 nitrogen and oxygen atoms in total. The van der Waals surface area contributed by atoms with Crippen molar-refractivity contribution >= 4 is 12.2 Å². The van der Waals surface area contributed by atoms with E-state index in [1.807, 2.05) is 6.08 Å². The van der Waals surface area contributed by atoms with Gasteiger partial charge in [0.25, 0.3) is 0 Å². The summed E-state index contributed by atoms with van der Waals surface area (Å²) in [6.45, 7) is 11.9. The zero-order chi connectivity index (χ0) is 9.14. The first-order valence-corrected chi connectivity index (χ1v) is 4.01. The normalized spacial score (nSPS) is 13.2. The van der Waals surface area contributed by atoms with Crippen LogP contribution >= 0.6 is 0 Å². The second-order valence-corrected chi connectivity index (χ2v) is 3.08. The summed E-state index contributed by atoms with van der Waals surface area (Å²) in [4.78, 5) is 0. The fourth-order valence-electron chi connectivity index (χ4n) is 1.19. The van der Waals surface area contributed by atoms with E-state index >= 15 is 0 Å². The summed E-state index contributed by atoms with van der Waals surface area (Å²) in [5, 5.41) is 8.76. The lowest BCUT2D eigenvalue weighted by atomic mass is 10.0. The Morgan fingerprint density at radius 2 is 2.33 bits per heavy atom. The Balaban J connectivity index is 3.48. The van der Waals surface area contributed by atoms with Gasteiger partial charge in [0.1, 0.15) is 0 Å². The zero-order valence-electron chi connectivity index (χ0n) is 7.59. The highest BCUT2D eigenvalue weighted by Crippen LogP contribution is 2.07. The second kappa shape index (κ2) is 3.39. The van der Waals surface area contributed by atoms with E-state index in [9.17, 15) is 0 Å². The van der Waals surface area contributed by atoms with Gasteiger partial charge in [0.05, 0.1) is 11.5 Å². The van der Waals surface area contributed by atoms with E-state index in [0.717, 1.165) is 16.1 Å². The molecule has 1 N–H and O–H groups in total. The lowest BCUT2D eigenvalue weighted by Crippen LogP contribution is -2.25. The first kappa shape index (κ1) is 8.78. The van der Waals surface area contributed by atoms with Crippen molar-refractivity contribution in [1.82, 2.24) is 10.2 Å². The molecule has 1 rings (SSSR count). The van der Waals surface area contributed by atoms with Crippen LogP contribution in [0.1, 0.15) is 13.8 Å². The molecule has 0 saturated heterocycles. The van der Waals surface area contributed by atoms with Crippen molar-refractivity contribution in [3.8, 4) is 0 Å². The maximum Gasteiger partial charge on any atom is 0.0678 e. The quantitative estimate of drug-likeness (QED) is 0.685. The molecule has 0 aliphatic carbocycles. The number of nitrogens with one attached hydrogen (secondary N) is 1. The largest absolute Gasteiger partial charge is 0.278 e. The van der Waals surface area contributed by atoms with E-state index in [2.05, 4.69) is 37.2 Å². The van der Waals surface area contributed by atoms with E-state index in [1.54, 1.807) is 6.20 Å². The van der Waals surface area contributed by atoms with Crippen LogP contribution in [-0.2, 0) is 0 Å². The Morgan fingerprint density at radius 1 is 1.67 bits per heavy atom. The summed E-state index contributed by atoms with van der Waals surface area (Å²) < 4.78 is 0. The number of aromatic nitrogens is 2. The molecule has 0 bridgehead atoms. The fourth-order valence-corrected chi connectivity index (χ4v) is 1.19. The van der Waals surface area contributed by atoms with Gasteiger partial charge in [-0.25, -0.2) is 0 Å². The van der Waals surface area contributed by atoms with Crippen molar-refractivity contribution < 1.29 is 0 Å². The smallest absolute Gasteiger partial charge is 0.0678 e. The second-order valence-electron chi connectivity index (χ2n) is 3.08. The van der Waals surface area contributed by atoms with Gasteiger partial charge in [-0.3, -0.25) is 5.10 Å². The van der Waals surface area contributed by atoms with Gasteiger partial charge in [-0.1, -0.05) is 33.1 Å². The van der Waals surface area contributed by atoms with Gasteiger partial charge in [-0.15, -0.1) is 0 Å². The van der Waals surface area contributed by atoms with Crippen LogP contribution in [0.5, 0.6) is 0 Å². The van der Waals surface area contributed by atoms with Gasteiger partial charge in [-0.2, -0.15) is 5.10 Å². The molecular weight excluding hydrogens is 148 g/mol. The summed E-state index contributed by atoms with van der Waals surface area (Å²) in [5.74, 6) is 0.448. The third-order valence-corrected chi connectivity index (χ3v) is 1.85. The van der Waals surface area contributed by atoms with Crippen molar-refractivity contribution in [2.75, 3.05) is 0 Å². The van der Waals surface area contributed by atoms with Crippen LogP contribution in [0.4, 0.5) is 0 Å². The monoisotopic (exact) mass is 162 g/mol. The molecule has 0 aromatic carbocycles. The standard InChI is InChI=1S/C10H14N2/c1-5-9(7(2)3)10-8(4)6-11-12-10/h5-7,12H,1,4H2,2-3H3/b10-9-. The summed E-state index contributed by atoms with van der Waals surface area (Å²) in [7, 11) is 0. The summed E-state index contributed by atoms with van der Waals surface area (Å²) >= 11 is 0. The zero-order valence-corrected chi connectivity index (χ0v) is 7.59. The third kappa shape index (κ3) is 1.47. The van der Waals surface area contributed by atoms with Crippen LogP contribution in [0, 0.1) is 5.92 Å². The number of hydrogen-bond donors (Lipinski definition) is 1. The lowest BCUT2D eigenvalue weighted by molar-refractivity contribution is 0.847. The van der Waals surface area contributed by atoms with Crippen molar-refractivity contribution in [2.45, 2.75) is 13.8 Å². The lowest BCUT2D eigenvalue weighted by Gasteiger charge is -2.03. The van der Waals surface area contributed by atoms with E-state index in [1.165, 1.54) is 0 Å². The Hall–Kier alpha value is -1.31. The molecule has 0 fully saturated rings. The predicted octanol–water partition coefficient (Wildman–Crippen LogP) is 0.813. The average Bonchev–Trinajstić information content (AvgIpc) is 2.38. The van der Waals surface area contributed by atoms with E-state index in [0.29, 0.717) is 5.92 Å². The average molecular weight is 162 g/mol. The van der Waals surface area contributed by atoms with Crippen LogP contribution in [0.25, 0.3) is 12.2 Å². The highest BCUT2D eigenvalue weighted by Gasteiger charge is 2.00. The number of rotatable bonds is 2. The van der Waals surface area contributed by atoms with Crippen LogP contribution in [0.2, 0.25) is 0 Å². The molecule has 0 aliphatic heterocycles. The molecule has 0 aliphatic rings. The maximum atomic E-state index is 3.92. The minimum absolute atomic E-state index is 0.448. The van der Waals surface area contributed by atoms with Crippen LogP contribution in [0.3, 0.4) is 0 Å². The van der Waals surface area contributed by atoms with Crippen molar-refractivity contribution in [1.29, 1.82) is 0 Å². The summed E-state index contributed by atoms with van der Waals surface area (Å²) in [5.41, 5.74) is 1.16. The predicted molar refractivity (Wildman–Crippen MR) is 51.8 cm³/mol. The van der Waals surface area contributed by atoms with Gasteiger partial charge in [-0.05, 0) is 11.5 Å². The molecule has 64 valence electrons. The first-order chi connectivity index (χ1) is 5.66. The van der Waals surface area contributed by atoms with Gasteiger partial charge in [0, 0.05) is 5.22 Å². The maximum absolute atomic E-state index is 3.92. The Bertz CT molecular complexity index is 371. The van der Waals surface area contributed by atoms with Crippen LogP contribution in [-0.4, -0.2) is 10.2 Å². The molecule has 0 atom stereocenters. The molecule has 1 heterocycles. The molecule has 2 heteroatoms.